The summed E-state index contributed by atoms with van der Waals surface area (Å²) in [7, 11) is 0. The molecule has 2 aliphatic heterocycles. The predicted octanol–water partition coefficient (Wildman–Crippen LogP) is 17.1. The third-order valence-electron chi connectivity index (χ3n) is 17.8. The number of pyridine rings is 1. The summed E-state index contributed by atoms with van der Waals surface area (Å²) < 4.78 is 9.72. The van der Waals surface area contributed by atoms with Gasteiger partial charge in [-0.3, -0.25) is 0 Å². The third-order valence-corrected chi connectivity index (χ3v) is 17.8. The maximum absolute atomic E-state index is 7.37. The average Bonchev–Trinajstić information content (AvgIpc) is 3.85. The van der Waals surface area contributed by atoms with Gasteiger partial charge in [-0.2, -0.15) is 6.07 Å². The van der Waals surface area contributed by atoms with Gasteiger partial charge in [0.1, 0.15) is 5.82 Å². The van der Waals surface area contributed by atoms with Crippen LogP contribution in [0.15, 0.2) is 90.1 Å². The number of hydrogen-bond acceptors (Lipinski definition) is 4. The topological polar surface area (TPSA) is 42.6 Å². The van der Waals surface area contributed by atoms with Crippen molar-refractivity contribution in [2.45, 2.75) is 165 Å². The van der Waals surface area contributed by atoms with E-state index in [-0.39, 0.29) is 31.9 Å². The van der Waals surface area contributed by atoms with Crippen LogP contribution in [-0.4, -0.2) is 20.9 Å². The summed E-state index contributed by atoms with van der Waals surface area (Å²) in [6, 6.07) is 37.7. The molecule has 0 unspecified atom stereocenters. The predicted molar refractivity (Wildman–Crippen MR) is 302 cm³/mol. The number of aryl methyl sites for hydroxylation is 4. The van der Waals surface area contributed by atoms with Gasteiger partial charge in [0, 0.05) is 39.9 Å². The van der Waals surface area contributed by atoms with Crippen molar-refractivity contribution in [3.05, 3.63) is 181 Å². The molecule has 376 valence electrons. The first kappa shape index (κ1) is 50.7. The van der Waals surface area contributed by atoms with Gasteiger partial charge in [-0.15, -0.1) is 28.6 Å². The Labute approximate surface area is 449 Å². The zero-order chi connectivity index (χ0) is 51.5. The minimum Gasteiger partial charge on any atom is -0.503 e. The molecule has 0 bridgehead atoms. The molecule has 2 atom stereocenters. The van der Waals surface area contributed by atoms with E-state index in [1.54, 1.807) is 0 Å². The molecule has 0 amide bonds. The summed E-state index contributed by atoms with van der Waals surface area (Å²) in [6.45, 7) is 41.5. The van der Waals surface area contributed by atoms with E-state index in [9.17, 15) is 0 Å². The first-order valence-corrected chi connectivity index (χ1v) is 26.3. The second-order valence-corrected chi connectivity index (χ2v) is 24.4. The summed E-state index contributed by atoms with van der Waals surface area (Å²) in [6.07, 6.45) is 2.79. The van der Waals surface area contributed by atoms with Gasteiger partial charge in [-0.25, -0.2) is 4.98 Å². The number of ether oxygens (including phenoxy) is 1. The number of fused-ring (bicyclic) bond motifs is 8. The van der Waals surface area contributed by atoms with E-state index in [0.29, 0.717) is 23.3 Å². The van der Waals surface area contributed by atoms with Crippen molar-refractivity contribution in [3.63, 3.8) is 0 Å². The molecule has 11 rings (SSSR count). The van der Waals surface area contributed by atoms with Crippen LogP contribution in [0.1, 0.15) is 171 Å². The first-order valence-electron chi connectivity index (χ1n) is 26.3. The molecular formula is C67H72N4OPt. The van der Waals surface area contributed by atoms with Crippen molar-refractivity contribution in [1.29, 1.82) is 0 Å². The SMILES string of the molecule is Cc1cc2c3cc(C(C)(C)C)cc4c3n(c2[c-]c1Oc1[c-]c(C2=N[C@]3(C)c5ccc(C)c(C)c5C[C@]3(C)N2c2c(C)c(C)cc(C)c2C)cc(-c2c(C(C)C)cccc2C(C)C)c1)-c1ncccc1C4(C)C.[Pt+2]. The van der Waals surface area contributed by atoms with Crippen LogP contribution >= 0.6 is 0 Å². The van der Waals surface area contributed by atoms with Crippen molar-refractivity contribution >= 4 is 33.3 Å². The maximum atomic E-state index is 7.37. The molecule has 0 saturated carbocycles. The van der Waals surface area contributed by atoms with Crippen LogP contribution in [0.25, 0.3) is 38.8 Å². The fraction of sp³-hybridized carbons (Fsp3) is 0.373. The number of nitrogens with zero attached hydrogens (tertiary/aromatic N) is 4. The van der Waals surface area contributed by atoms with Crippen LogP contribution in [0.4, 0.5) is 5.69 Å². The van der Waals surface area contributed by atoms with Gasteiger partial charge < -0.3 is 19.2 Å². The summed E-state index contributed by atoms with van der Waals surface area (Å²) in [4.78, 5) is 13.8. The zero-order valence-electron chi connectivity index (χ0n) is 46.5. The Morgan fingerprint density at radius 2 is 1.34 bits per heavy atom. The molecule has 1 aliphatic carbocycles. The van der Waals surface area contributed by atoms with Gasteiger partial charge >= 0.3 is 21.1 Å². The van der Waals surface area contributed by atoms with E-state index in [2.05, 4.69) is 225 Å². The number of anilines is 1. The van der Waals surface area contributed by atoms with Crippen molar-refractivity contribution < 1.29 is 25.8 Å². The van der Waals surface area contributed by atoms with Crippen LogP contribution in [-0.2, 0) is 43.9 Å². The molecule has 6 heteroatoms. The minimum atomic E-state index is -0.547. The Hall–Kier alpha value is -5.77. The Morgan fingerprint density at radius 1 is 0.671 bits per heavy atom. The Balaban J connectivity index is 0.00000611. The summed E-state index contributed by atoms with van der Waals surface area (Å²) in [5.74, 6) is 3.76. The van der Waals surface area contributed by atoms with E-state index in [1.807, 2.05) is 6.20 Å². The molecule has 5 nitrogen and oxygen atoms in total. The summed E-state index contributed by atoms with van der Waals surface area (Å²) in [5.41, 5.74) is 23.4. The molecule has 0 spiro atoms. The second-order valence-electron chi connectivity index (χ2n) is 24.4. The molecule has 0 N–H and O–H groups in total. The van der Waals surface area contributed by atoms with Gasteiger partial charge in [0.05, 0.1) is 16.9 Å². The van der Waals surface area contributed by atoms with Crippen molar-refractivity contribution in [2.75, 3.05) is 4.90 Å². The zero-order valence-corrected chi connectivity index (χ0v) is 48.7. The fourth-order valence-corrected chi connectivity index (χ4v) is 12.9. The minimum absolute atomic E-state index is 0. The standard InChI is InChI=1S/C67H72N4O.Pt/c1-36(2)49-21-19-22-50(37(3)4)59(49)45-29-46(62-69-67(18)54-25-24-38(5)42(9)53(54)35-66(67,17)71(62)60-43(10)39(6)27-40(7)44(60)11)31-48(30-45)72-58-34-57-51(28-41(58)8)52-32-47(64(12,13)14)33-56-61(52)70(57)63-55(65(56,15)16)23-20-26-68-63;/h19-30,32-33,36-37H,35H2,1-18H3;/q-2;+2/t66-,67+;/m0./s1. The molecule has 2 aromatic heterocycles. The molecule has 6 aromatic carbocycles. The number of amidine groups is 1. The monoisotopic (exact) mass is 1140 g/mol. The largest absolute Gasteiger partial charge is 2.00 e. The molecule has 0 saturated heterocycles. The van der Waals surface area contributed by atoms with Crippen molar-refractivity contribution in [2.24, 2.45) is 4.99 Å². The molecule has 0 fully saturated rings. The number of aromatic nitrogens is 2. The number of benzene rings is 6. The molecule has 3 aliphatic rings. The molecule has 73 heavy (non-hydrogen) atoms. The van der Waals surface area contributed by atoms with E-state index in [1.165, 1.54) is 94.5 Å². The maximum Gasteiger partial charge on any atom is 2.00 e. The van der Waals surface area contributed by atoms with Crippen LogP contribution in [0.2, 0.25) is 0 Å². The van der Waals surface area contributed by atoms with Crippen LogP contribution in [0, 0.1) is 60.6 Å². The molecule has 0 radical (unpaired) electrons. The summed E-state index contributed by atoms with van der Waals surface area (Å²) in [5, 5.41) is 2.37. The van der Waals surface area contributed by atoms with E-state index in [4.69, 9.17) is 14.7 Å². The Kier molecular flexibility index (Phi) is 11.9. The molecular weight excluding hydrogens is 1070 g/mol. The average molecular weight is 1140 g/mol. The number of hydrogen-bond donors (Lipinski definition) is 0. The second kappa shape index (κ2) is 17.1. The number of aliphatic imine (C=N–C) groups is 1. The quantitative estimate of drug-likeness (QED) is 0.149. The van der Waals surface area contributed by atoms with Gasteiger partial charge in [0.15, 0.2) is 0 Å². The summed E-state index contributed by atoms with van der Waals surface area (Å²) >= 11 is 0. The van der Waals surface area contributed by atoms with Crippen LogP contribution in [0.3, 0.4) is 0 Å². The molecule has 8 aromatic rings. The first-order chi connectivity index (χ1) is 33.9. The van der Waals surface area contributed by atoms with Gasteiger partial charge in [-0.1, -0.05) is 147 Å². The Bertz CT molecular complexity index is 3620. The Morgan fingerprint density at radius 3 is 1.99 bits per heavy atom. The van der Waals surface area contributed by atoms with Crippen LogP contribution < -0.4 is 9.64 Å². The third kappa shape index (κ3) is 7.32. The van der Waals surface area contributed by atoms with Crippen molar-refractivity contribution in [1.82, 2.24) is 9.55 Å². The van der Waals surface area contributed by atoms with Crippen LogP contribution in [0.5, 0.6) is 11.5 Å². The number of rotatable bonds is 7. The normalized spacial score (nSPS) is 18.6. The van der Waals surface area contributed by atoms with E-state index in [0.717, 1.165) is 45.7 Å². The molecule has 4 heterocycles. The van der Waals surface area contributed by atoms with E-state index < -0.39 is 11.1 Å². The van der Waals surface area contributed by atoms with E-state index >= 15 is 0 Å². The smallest absolute Gasteiger partial charge is 0.503 e. The van der Waals surface area contributed by atoms with Crippen molar-refractivity contribution in [3.8, 4) is 28.4 Å². The van der Waals surface area contributed by atoms with Gasteiger partial charge in [-0.05, 0) is 163 Å². The van der Waals surface area contributed by atoms with Gasteiger partial charge in [0.2, 0.25) is 0 Å². The van der Waals surface area contributed by atoms with Gasteiger partial charge in [0.25, 0.3) is 0 Å². The fourth-order valence-electron chi connectivity index (χ4n) is 12.9.